The summed E-state index contributed by atoms with van der Waals surface area (Å²) in [5.74, 6) is 0.277. The summed E-state index contributed by atoms with van der Waals surface area (Å²) in [4.78, 5) is 14.1. The van der Waals surface area contributed by atoms with E-state index in [2.05, 4.69) is 10.2 Å². The van der Waals surface area contributed by atoms with Crippen LogP contribution in [0.3, 0.4) is 0 Å². The van der Waals surface area contributed by atoms with Gasteiger partial charge in [0.05, 0.1) is 17.9 Å². The number of nitrogens with one attached hydrogen (secondary N) is 1. The number of nitrogens with two attached hydrogens (primary N) is 1. The van der Waals surface area contributed by atoms with Gasteiger partial charge in [-0.3, -0.25) is 9.69 Å². The summed E-state index contributed by atoms with van der Waals surface area (Å²) in [6, 6.07) is 5.00. The minimum Gasteiger partial charge on any atom is -0.397 e. The fourth-order valence-electron chi connectivity index (χ4n) is 2.36. The zero-order chi connectivity index (χ0) is 14.5. The second kappa shape index (κ2) is 6.92. The smallest absolute Gasteiger partial charge is 0.238 e. The largest absolute Gasteiger partial charge is 0.397 e. The van der Waals surface area contributed by atoms with Crippen LogP contribution in [0.4, 0.5) is 11.4 Å². The van der Waals surface area contributed by atoms with E-state index in [1.54, 1.807) is 18.2 Å². The van der Waals surface area contributed by atoms with Crippen LogP contribution in [0.15, 0.2) is 18.2 Å². The molecule has 0 saturated carbocycles. The first-order valence-electron chi connectivity index (χ1n) is 6.76. The van der Waals surface area contributed by atoms with Crippen molar-refractivity contribution in [2.24, 2.45) is 5.92 Å². The van der Waals surface area contributed by atoms with Crippen LogP contribution in [-0.2, 0) is 4.79 Å². The molecule has 1 aliphatic heterocycles. The Balaban J connectivity index is 1.85. The van der Waals surface area contributed by atoms with Crippen LogP contribution in [-0.4, -0.2) is 42.2 Å². The maximum absolute atomic E-state index is 12.0. The van der Waals surface area contributed by atoms with Gasteiger partial charge in [-0.25, -0.2) is 0 Å². The second-order valence-corrected chi connectivity index (χ2v) is 5.62. The zero-order valence-electron chi connectivity index (χ0n) is 11.3. The molecule has 2 rings (SSSR count). The molecule has 1 amide bonds. The minimum atomic E-state index is -0.0959. The van der Waals surface area contributed by atoms with Crippen molar-refractivity contribution in [3.8, 4) is 0 Å². The van der Waals surface area contributed by atoms with Crippen LogP contribution in [0.2, 0.25) is 5.02 Å². The molecule has 1 aromatic rings. The molecule has 1 fully saturated rings. The topological polar surface area (TPSA) is 78.6 Å². The fourth-order valence-corrected chi connectivity index (χ4v) is 2.53. The van der Waals surface area contributed by atoms with Crippen molar-refractivity contribution in [2.75, 3.05) is 37.3 Å². The van der Waals surface area contributed by atoms with E-state index in [0.717, 1.165) is 25.9 Å². The first kappa shape index (κ1) is 15.1. The Morgan fingerprint density at radius 1 is 1.45 bits per heavy atom. The molecule has 0 aliphatic carbocycles. The van der Waals surface area contributed by atoms with E-state index in [0.29, 0.717) is 28.9 Å². The van der Waals surface area contributed by atoms with Crippen LogP contribution in [0.1, 0.15) is 12.8 Å². The fraction of sp³-hybridized carbons (Fsp3) is 0.500. The molecule has 1 heterocycles. The highest BCUT2D eigenvalue weighted by Gasteiger charge is 2.20. The van der Waals surface area contributed by atoms with E-state index >= 15 is 0 Å². The molecule has 1 aromatic carbocycles. The van der Waals surface area contributed by atoms with Crippen molar-refractivity contribution in [1.82, 2.24) is 4.90 Å². The normalized spacial score (nSPS) is 17.1. The van der Waals surface area contributed by atoms with Gasteiger partial charge in [0, 0.05) is 11.6 Å². The summed E-state index contributed by atoms with van der Waals surface area (Å²) in [7, 11) is 0. The van der Waals surface area contributed by atoms with Crippen LogP contribution < -0.4 is 11.1 Å². The first-order chi connectivity index (χ1) is 9.58. The number of nitrogens with zero attached hydrogens (tertiary/aromatic N) is 1. The summed E-state index contributed by atoms with van der Waals surface area (Å²) in [5, 5.41) is 12.4. The highest BCUT2D eigenvalue weighted by molar-refractivity contribution is 6.31. The number of piperidine rings is 1. The molecule has 0 atom stereocenters. The van der Waals surface area contributed by atoms with E-state index in [9.17, 15) is 4.79 Å². The van der Waals surface area contributed by atoms with E-state index in [4.69, 9.17) is 22.4 Å². The molecule has 4 N–H and O–H groups in total. The molecule has 1 aliphatic rings. The Hall–Kier alpha value is -1.30. The Morgan fingerprint density at radius 3 is 2.80 bits per heavy atom. The molecule has 110 valence electrons. The molecule has 0 radical (unpaired) electrons. The van der Waals surface area contributed by atoms with E-state index in [-0.39, 0.29) is 12.5 Å². The summed E-state index contributed by atoms with van der Waals surface area (Å²) in [6.07, 6.45) is 1.87. The monoisotopic (exact) mass is 297 g/mol. The lowest BCUT2D eigenvalue weighted by Gasteiger charge is -2.30. The number of rotatable bonds is 4. The maximum Gasteiger partial charge on any atom is 0.238 e. The third-order valence-corrected chi connectivity index (χ3v) is 3.86. The number of benzene rings is 1. The minimum absolute atomic E-state index is 0.0959. The average molecular weight is 298 g/mol. The van der Waals surface area contributed by atoms with Gasteiger partial charge >= 0.3 is 0 Å². The number of nitrogen functional groups attached to an aromatic ring is 1. The number of amides is 1. The zero-order valence-corrected chi connectivity index (χ0v) is 12.1. The van der Waals surface area contributed by atoms with Crippen molar-refractivity contribution < 1.29 is 9.90 Å². The van der Waals surface area contributed by atoms with Crippen molar-refractivity contribution >= 4 is 28.9 Å². The van der Waals surface area contributed by atoms with Gasteiger partial charge in [0.15, 0.2) is 0 Å². The van der Waals surface area contributed by atoms with Crippen LogP contribution >= 0.6 is 11.6 Å². The number of halogens is 1. The van der Waals surface area contributed by atoms with Gasteiger partial charge in [0.25, 0.3) is 0 Å². The average Bonchev–Trinajstić information content (AvgIpc) is 2.43. The van der Waals surface area contributed by atoms with Gasteiger partial charge in [-0.05, 0) is 50.0 Å². The number of anilines is 2. The highest BCUT2D eigenvalue weighted by atomic mass is 35.5. The standard InChI is InChI=1S/C14H20ClN3O2/c15-11-1-2-12(16)13(7-11)17-14(20)8-18-5-3-10(9-19)4-6-18/h1-2,7,10,19H,3-6,8-9,16H2,(H,17,20). The molecule has 0 spiro atoms. The number of hydrogen-bond acceptors (Lipinski definition) is 4. The third-order valence-electron chi connectivity index (χ3n) is 3.62. The lowest BCUT2D eigenvalue weighted by molar-refractivity contribution is -0.117. The van der Waals surface area contributed by atoms with E-state index < -0.39 is 0 Å². The number of likely N-dealkylation sites (tertiary alicyclic amines) is 1. The van der Waals surface area contributed by atoms with E-state index in [1.165, 1.54) is 0 Å². The molecular formula is C14H20ClN3O2. The Morgan fingerprint density at radius 2 is 2.15 bits per heavy atom. The van der Waals surface area contributed by atoms with Crippen LogP contribution in [0.25, 0.3) is 0 Å². The van der Waals surface area contributed by atoms with Crippen molar-refractivity contribution in [3.05, 3.63) is 23.2 Å². The van der Waals surface area contributed by atoms with Crippen LogP contribution in [0.5, 0.6) is 0 Å². The lowest BCUT2D eigenvalue weighted by Crippen LogP contribution is -2.39. The maximum atomic E-state index is 12.0. The van der Waals surface area contributed by atoms with Gasteiger partial charge < -0.3 is 16.2 Å². The van der Waals surface area contributed by atoms with Crippen molar-refractivity contribution in [1.29, 1.82) is 0 Å². The predicted octanol–water partition coefficient (Wildman–Crippen LogP) is 1.56. The molecular weight excluding hydrogens is 278 g/mol. The molecule has 0 bridgehead atoms. The van der Waals surface area contributed by atoms with Gasteiger partial charge in [-0.1, -0.05) is 11.6 Å². The van der Waals surface area contributed by atoms with Crippen molar-refractivity contribution in [3.63, 3.8) is 0 Å². The van der Waals surface area contributed by atoms with Gasteiger partial charge in [-0.2, -0.15) is 0 Å². The molecule has 20 heavy (non-hydrogen) atoms. The van der Waals surface area contributed by atoms with E-state index in [1.807, 2.05) is 0 Å². The molecule has 0 aromatic heterocycles. The van der Waals surface area contributed by atoms with Gasteiger partial charge in [-0.15, -0.1) is 0 Å². The molecule has 0 unspecified atom stereocenters. The quantitative estimate of drug-likeness (QED) is 0.737. The first-order valence-corrected chi connectivity index (χ1v) is 7.14. The third kappa shape index (κ3) is 4.10. The second-order valence-electron chi connectivity index (χ2n) is 5.18. The Kier molecular flexibility index (Phi) is 5.23. The van der Waals surface area contributed by atoms with Gasteiger partial charge in [0.1, 0.15) is 0 Å². The Labute approximate surface area is 123 Å². The highest BCUT2D eigenvalue weighted by Crippen LogP contribution is 2.23. The predicted molar refractivity (Wildman–Crippen MR) is 80.7 cm³/mol. The number of carbonyl (C=O) groups is 1. The number of hydrogen-bond donors (Lipinski definition) is 3. The molecule has 1 saturated heterocycles. The van der Waals surface area contributed by atoms with Crippen molar-refractivity contribution in [2.45, 2.75) is 12.8 Å². The van der Waals surface area contributed by atoms with Gasteiger partial charge in [0.2, 0.25) is 5.91 Å². The van der Waals surface area contributed by atoms with Crippen LogP contribution in [0, 0.1) is 5.92 Å². The number of carbonyl (C=O) groups excluding carboxylic acids is 1. The Bertz CT molecular complexity index is 473. The number of aliphatic hydroxyl groups excluding tert-OH is 1. The summed E-state index contributed by atoms with van der Waals surface area (Å²) >= 11 is 5.88. The summed E-state index contributed by atoms with van der Waals surface area (Å²) < 4.78 is 0. The molecule has 5 nitrogen and oxygen atoms in total. The summed E-state index contributed by atoms with van der Waals surface area (Å²) in [6.45, 7) is 2.25. The number of aliphatic hydroxyl groups is 1. The summed E-state index contributed by atoms with van der Waals surface area (Å²) in [5.41, 5.74) is 6.84. The lowest BCUT2D eigenvalue weighted by atomic mass is 9.98. The SMILES string of the molecule is Nc1ccc(Cl)cc1NC(=O)CN1CCC(CO)CC1. The molecule has 6 heteroatoms.